The highest BCUT2D eigenvalue weighted by Crippen LogP contribution is 2.30. The molecular weight excluding hydrogens is 452 g/mol. The van der Waals surface area contributed by atoms with E-state index in [1.165, 1.54) is 23.2 Å². The first-order chi connectivity index (χ1) is 16.5. The van der Waals surface area contributed by atoms with Crippen LogP contribution in [0.4, 0.5) is 16.6 Å². The van der Waals surface area contributed by atoms with Gasteiger partial charge < -0.3 is 15.3 Å². The molecule has 0 spiro atoms. The van der Waals surface area contributed by atoms with E-state index in [9.17, 15) is 9.59 Å². The van der Waals surface area contributed by atoms with Gasteiger partial charge >= 0.3 is 0 Å². The molecule has 34 heavy (non-hydrogen) atoms. The molecule has 0 unspecified atom stereocenters. The number of H-pyrrole nitrogens is 1. The Kier molecular flexibility index (Phi) is 5.38. The van der Waals surface area contributed by atoms with Crippen LogP contribution < -0.4 is 16.1 Å². The Labute approximate surface area is 197 Å². The van der Waals surface area contributed by atoms with Crippen LogP contribution in [-0.4, -0.2) is 35.6 Å². The number of nitrogens with one attached hydrogen (secondary N) is 1. The minimum Gasteiger partial charge on any atom is -0.384 e. The van der Waals surface area contributed by atoms with Gasteiger partial charge in [0.2, 0.25) is 16.5 Å². The zero-order valence-electron chi connectivity index (χ0n) is 18.4. The molecule has 10 nitrogen and oxygen atoms in total. The number of benzene rings is 1. The summed E-state index contributed by atoms with van der Waals surface area (Å²) in [7, 11) is 0. The normalized spacial score (nSPS) is 11.1. The Morgan fingerprint density at radius 2 is 2.00 bits per heavy atom. The fourth-order valence-electron chi connectivity index (χ4n) is 3.92. The Hall–Kier alpha value is -4.38. The summed E-state index contributed by atoms with van der Waals surface area (Å²) < 4.78 is 1.80. The Bertz CT molecular complexity index is 1540. The van der Waals surface area contributed by atoms with Crippen LogP contribution in [0.3, 0.4) is 0 Å². The molecule has 170 valence electrons. The fourth-order valence-corrected chi connectivity index (χ4v) is 4.54. The lowest BCUT2D eigenvalue weighted by Gasteiger charge is -2.18. The number of hydrogen-bond acceptors (Lipinski definition) is 8. The highest BCUT2D eigenvalue weighted by atomic mass is 32.1. The number of pyridine rings is 2. The number of carbonyl (C=O) groups excluding carboxylic acids is 1. The molecule has 1 aromatic carbocycles. The van der Waals surface area contributed by atoms with Crippen molar-refractivity contribution in [1.82, 2.24) is 29.7 Å². The molecular formula is C23H20N8O2S. The van der Waals surface area contributed by atoms with Crippen LogP contribution in [0, 0.1) is 0 Å². The van der Waals surface area contributed by atoms with Gasteiger partial charge in [-0.1, -0.05) is 23.5 Å². The summed E-state index contributed by atoms with van der Waals surface area (Å²) in [6.45, 7) is 3.95. The predicted molar refractivity (Wildman–Crippen MR) is 132 cm³/mol. The molecule has 4 heterocycles. The van der Waals surface area contributed by atoms with Gasteiger partial charge in [-0.2, -0.15) is 0 Å². The van der Waals surface area contributed by atoms with E-state index < -0.39 is 0 Å². The van der Waals surface area contributed by atoms with Crippen molar-refractivity contribution in [3.05, 3.63) is 64.5 Å². The smallest absolute Gasteiger partial charge is 0.230 e. The maximum Gasteiger partial charge on any atom is 0.230 e. The molecule has 11 heteroatoms. The highest BCUT2D eigenvalue weighted by molar-refractivity contribution is 7.13. The first kappa shape index (κ1) is 21.5. The lowest BCUT2D eigenvalue weighted by atomic mass is 10.1. The zero-order valence-corrected chi connectivity index (χ0v) is 19.2. The number of fused-ring (bicyclic) bond motifs is 1. The number of amides is 1. The number of anilines is 3. The van der Waals surface area contributed by atoms with E-state index in [1.807, 2.05) is 31.2 Å². The molecule has 3 N–H and O–H groups in total. The third kappa shape index (κ3) is 3.52. The van der Waals surface area contributed by atoms with Gasteiger partial charge in [-0.25, -0.2) is 9.97 Å². The topological polar surface area (TPSA) is 136 Å². The summed E-state index contributed by atoms with van der Waals surface area (Å²) >= 11 is 1.28. The molecule has 5 rings (SSSR count). The average molecular weight is 473 g/mol. The number of aromatic amines is 1. The quantitative estimate of drug-likeness (QED) is 0.399. The molecule has 0 fully saturated rings. The van der Waals surface area contributed by atoms with Gasteiger partial charge in [0.1, 0.15) is 28.4 Å². The molecule has 1 amide bonds. The van der Waals surface area contributed by atoms with Crippen LogP contribution in [0.2, 0.25) is 0 Å². The number of nitrogens with two attached hydrogens (primary N) is 1. The molecule has 0 saturated carbocycles. The van der Waals surface area contributed by atoms with E-state index in [0.29, 0.717) is 51.3 Å². The number of aromatic nitrogens is 6. The minimum absolute atomic E-state index is 0.164. The van der Waals surface area contributed by atoms with Crippen molar-refractivity contribution in [2.45, 2.75) is 20.4 Å². The Morgan fingerprint density at radius 3 is 2.62 bits per heavy atom. The van der Waals surface area contributed by atoms with Gasteiger partial charge in [-0.05, 0) is 31.2 Å². The SMILES string of the molecule is CCn1c(N)c(-c2ncc[nH]2)c(=O)c2ccc(-c3ccc(N(C(C)=O)c4nncs4)cc3)nc21. The van der Waals surface area contributed by atoms with E-state index in [-0.39, 0.29) is 11.3 Å². The first-order valence-electron chi connectivity index (χ1n) is 10.5. The number of hydrogen-bond donors (Lipinski definition) is 2. The summed E-state index contributed by atoms with van der Waals surface area (Å²) in [4.78, 5) is 38.8. The summed E-state index contributed by atoms with van der Waals surface area (Å²) in [5.74, 6) is 0.573. The number of aryl methyl sites for hydroxylation is 1. The van der Waals surface area contributed by atoms with Crippen LogP contribution in [-0.2, 0) is 11.3 Å². The van der Waals surface area contributed by atoms with E-state index in [4.69, 9.17) is 10.7 Å². The van der Waals surface area contributed by atoms with E-state index in [1.54, 1.807) is 34.6 Å². The molecule has 0 aliphatic carbocycles. The number of imidazole rings is 1. The number of nitrogens with zero attached hydrogens (tertiary/aromatic N) is 6. The van der Waals surface area contributed by atoms with E-state index in [2.05, 4.69) is 20.2 Å². The van der Waals surface area contributed by atoms with Crippen LogP contribution >= 0.6 is 11.3 Å². The largest absolute Gasteiger partial charge is 0.384 e. The fraction of sp³-hybridized carbons (Fsp3) is 0.130. The third-order valence-electron chi connectivity index (χ3n) is 5.48. The van der Waals surface area contributed by atoms with Gasteiger partial charge in [-0.15, -0.1) is 10.2 Å². The maximum atomic E-state index is 13.2. The molecule has 0 radical (unpaired) electrons. The van der Waals surface area contributed by atoms with Gasteiger partial charge in [-0.3, -0.25) is 14.5 Å². The third-order valence-corrected chi connectivity index (χ3v) is 6.15. The number of nitrogen functional groups attached to an aromatic ring is 1. The van der Waals surface area contributed by atoms with Crippen molar-refractivity contribution < 1.29 is 4.79 Å². The van der Waals surface area contributed by atoms with E-state index in [0.717, 1.165) is 5.56 Å². The lowest BCUT2D eigenvalue weighted by Crippen LogP contribution is -2.22. The Morgan fingerprint density at radius 1 is 1.21 bits per heavy atom. The molecule has 0 saturated heterocycles. The summed E-state index contributed by atoms with van der Waals surface area (Å²) in [6.07, 6.45) is 3.23. The van der Waals surface area contributed by atoms with Crippen molar-refractivity contribution in [3.63, 3.8) is 0 Å². The second-order valence-corrected chi connectivity index (χ2v) is 8.27. The van der Waals surface area contributed by atoms with Crippen molar-refractivity contribution in [2.24, 2.45) is 0 Å². The highest BCUT2D eigenvalue weighted by Gasteiger charge is 2.20. The van der Waals surface area contributed by atoms with Crippen molar-refractivity contribution in [1.29, 1.82) is 0 Å². The maximum absolute atomic E-state index is 13.2. The van der Waals surface area contributed by atoms with Gasteiger partial charge in [0.05, 0.1) is 16.8 Å². The molecule has 0 aliphatic heterocycles. The van der Waals surface area contributed by atoms with Gasteiger partial charge in [0.25, 0.3) is 0 Å². The summed E-state index contributed by atoms with van der Waals surface area (Å²) in [6, 6.07) is 10.9. The molecule has 4 aromatic heterocycles. The lowest BCUT2D eigenvalue weighted by molar-refractivity contribution is -0.115. The summed E-state index contributed by atoms with van der Waals surface area (Å²) in [5.41, 5.74) is 10.7. The molecule has 0 aliphatic rings. The second kappa shape index (κ2) is 8.52. The molecule has 5 aromatic rings. The van der Waals surface area contributed by atoms with Gasteiger partial charge in [0, 0.05) is 31.4 Å². The van der Waals surface area contributed by atoms with Crippen LogP contribution in [0.5, 0.6) is 0 Å². The van der Waals surface area contributed by atoms with Crippen molar-refractivity contribution >= 4 is 44.9 Å². The zero-order chi connectivity index (χ0) is 23.8. The predicted octanol–water partition coefficient (Wildman–Crippen LogP) is 3.59. The summed E-state index contributed by atoms with van der Waals surface area (Å²) in [5, 5.41) is 8.78. The minimum atomic E-state index is -0.226. The van der Waals surface area contributed by atoms with Crippen LogP contribution in [0.1, 0.15) is 13.8 Å². The number of carbonyl (C=O) groups is 1. The second-order valence-electron chi connectivity index (χ2n) is 7.46. The Balaban J connectivity index is 1.59. The van der Waals surface area contributed by atoms with Crippen molar-refractivity contribution in [3.8, 4) is 22.6 Å². The first-order valence-corrected chi connectivity index (χ1v) is 11.4. The van der Waals surface area contributed by atoms with Crippen molar-refractivity contribution in [2.75, 3.05) is 10.6 Å². The molecule has 0 atom stereocenters. The number of rotatable bonds is 5. The molecule has 0 bridgehead atoms. The van der Waals surface area contributed by atoms with Gasteiger partial charge in [0.15, 0.2) is 0 Å². The monoisotopic (exact) mass is 472 g/mol. The average Bonchev–Trinajstić information content (AvgIpc) is 3.55. The van der Waals surface area contributed by atoms with E-state index >= 15 is 0 Å². The van der Waals surface area contributed by atoms with Crippen LogP contribution in [0.25, 0.3) is 33.7 Å². The standard InChI is InChI=1S/C23H20N8O2S/c1-3-30-20(24)18(21-25-10-11-26-21)19(33)16-8-9-17(28-22(16)30)14-4-6-15(7-5-14)31(13(2)32)23-29-27-12-34-23/h4-12H,3,24H2,1-2H3,(H,25,26). The van der Waals surface area contributed by atoms with Crippen LogP contribution in [0.15, 0.2) is 59.1 Å².